The molecule has 0 amide bonds. The highest BCUT2D eigenvalue weighted by molar-refractivity contribution is 5.99. The Balaban J connectivity index is 2.74. The van der Waals surface area contributed by atoms with Gasteiger partial charge in [0, 0.05) is 0 Å². The maximum atomic E-state index is 12.8. The van der Waals surface area contributed by atoms with Gasteiger partial charge in [-0.2, -0.15) is 0 Å². The third-order valence-corrected chi connectivity index (χ3v) is 5.99. The van der Waals surface area contributed by atoms with Crippen molar-refractivity contribution in [3.05, 3.63) is 0 Å². The second kappa shape index (κ2) is 10.8. The smallest absolute Gasteiger partial charge is 0.323 e. The first kappa shape index (κ1) is 22.0. The highest BCUT2D eigenvalue weighted by Crippen LogP contribution is 2.38. The van der Waals surface area contributed by atoms with Crippen LogP contribution in [0.25, 0.3) is 0 Å². The van der Waals surface area contributed by atoms with Crippen LogP contribution < -0.4 is 0 Å². The SMILES string of the molecule is CCCCC(CCC(CC)C(C)C)OC(=O)C1(C(=O)O)CCCCC1. The number of hydrogen-bond acceptors (Lipinski definition) is 3. The Kier molecular flexibility index (Phi) is 9.52. The molecule has 0 aromatic carbocycles. The van der Waals surface area contributed by atoms with Crippen molar-refractivity contribution in [2.75, 3.05) is 0 Å². The molecule has 1 saturated carbocycles. The molecule has 4 heteroatoms. The second-order valence-electron chi connectivity index (χ2n) is 8.11. The van der Waals surface area contributed by atoms with Crippen molar-refractivity contribution in [2.45, 2.75) is 104 Å². The van der Waals surface area contributed by atoms with E-state index in [2.05, 4.69) is 27.7 Å². The molecular weight excluding hydrogens is 316 g/mol. The molecule has 0 spiro atoms. The number of carboxylic acid groups (broad SMARTS) is 1. The Morgan fingerprint density at radius 3 is 2.16 bits per heavy atom. The van der Waals surface area contributed by atoms with E-state index >= 15 is 0 Å². The molecule has 2 atom stereocenters. The van der Waals surface area contributed by atoms with Crippen LogP contribution in [0.2, 0.25) is 0 Å². The number of ether oxygens (including phenoxy) is 1. The molecule has 0 aromatic rings. The van der Waals surface area contributed by atoms with Crippen molar-refractivity contribution >= 4 is 11.9 Å². The van der Waals surface area contributed by atoms with Crippen LogP contribution in [0, 0.1) is 17.3 Å². The predicted octanol–water partition coefficient (Wildman–Crippen LogP) is 5.59. The van der Waals surface area contributed by atoms with Gasteiger partial charge in [-0.3, -0.25) is 9.59 Å². The summed E-state index contributed by atoms with van der Waals surface area (Å²) in [5.74, 6) is -0.236. The van der Waals surface area contributed by atoms with Gasteiger partial charge in [0.15, 0.2) is 5.41 Å². The zero-order valence-corrected chi connectivity index (χ0v) is 16.7. The van der Waals surface area contributed by atoms with Crippen LogP contribution in [0.15, 0.2) is 0 Å². The van der Waals surface area contributed by atoms with E-state index in [4.69, 9.17) is 4.74 Å². The fourth-order valence-electron chi connectivity index (χ4n) is 4.03. The number of carbonyl (C=O) groups is 2. The van der Waals surface area contributed by atoms with Crippen molar-refractivity contribution in [3.63, 3.8) is 0 Å². The fourth-order valence-corrected chi connectivity index (χ4v) is 4.03. The summed E-state index contributed by atoms with van der Waals surface area (Å²) in [6.45, 7) is 8.81. The summed E-state index contributed by atoms with van der Waals surface area (Å²) in [4.78, 5) is 24.6. The zero-order valence-electron chi connectivity index (χ0n) is 16.7. The van der Waals surface area contributed by atoms with E-state index in [0.717, 1.165) is 57.8 Å². The van der Waals surface area contributed by atoms with E-state index in [1.165, 1.54) is 0 Å². The molecule has 146 valence electrons. The van der Waals surface area contributed by atoms with Crippen LogP contribution in [0.1, 0.15) is 98.3 Å². The average Bonchev–Trinajstić information content (AvgIpc) is 2.59. The standard InChI is InChI=1S/C21H38O4/c1-5-7-11-18(13-12-17(6-2)16(3)4)25-20(24)21(19(22)23)14-9-8-10-15-21/h16-18H,5-15H2,1-4H3,(H,22,23). The molecule has 0 heterocycles. The Morgan fingerprint density at radius 1 is 1.04 bits per heavy atom. The number of aliphatic carboxylic acids is 1. The molecule has 0 radical (unpaired) electrons. The van der Waals surface area contributed by atoms with Gasteiger partial charge in [0.2, 0.25) is 0 Å². The molecule has 4 nitrogen and oxygen atoms in total. The first-order valence-electron chi connectivity index (χ1n) is 10.3. The van der Waals surface area contributed by atoms with E-state index in [0.29, 0.717) is 24.7 Å². The first-order chi connectivity index (χ1) is 11.9. The second-order valence-corrected chi connectivity index (χ2v) is 8.11. The van der Waals surface area contributed by atoms with Gasteiger partial charge in [-0.25, -0.2) is 0 Å². The summed E-state index contributed by atoms with van der Waals surface area (Å²) in [5, 5.41) is 9.68. The van der Waals surface area contributed by atoms with Crippen molar-refractivity contribution in [3.8, 4) is 0 Å². The maximum Gasteiger partial charge on any atom is 0.323 e. The normalized spacial score (nSPS) is 19.4. The fraction of sp³-hybridized carbons (Fsp3) is 0.905. The number of rotatable bonds is 11. The van der Waals surface area contributed by atoms with Gasteiger partial charge in [0.1, 0.15) is 6.10 Å². The number of carboxylic acids is 1. The molecule has 0 saturated heterocycles. The van der Waals surface area contributed by atoms with Crippen molar-refractivity contribution in [1.82, 2.24) is 0 Å². The van der Waals surface area contributed by atoms with Gasteiger partial charge in [-0.15, -0.1) is 0 Å². The number of hydrogen-bond donors (Lipinski definition) is 1. The molecule has 1 aliphatic carbocycles. The lowest BCUT2D eigenvalue weighted by Crippen LogP contribution is -2.43. The van der Waals surface area contributed by atoms with Crippen LogP contribution in [-0.2, 0) is 14.3 Å². The molecule has 2 unspecified atom stereocenters. The number of carbonyl (C=O) groups excluding carboxylic acids is 1. The molecule has 1 aliphatic rings. The first-order valence-corrected chi connectivity index (χ1v) is 10.3. The van der Waals surface area contributed by atoms with Crippen molar-refractivity contribution < 1.29 is 19.4 Å². The quantitative estimate of drug-likeness (QED) is 0.388. The van der Waals surface area contributed by atoms with Crippen molar-refractivity contribution in [2.24, 2.45) is 17.3 Å². The van der Waals surface area contributed by atoms with Crippen LogP contribution in [0.3, 0.4) is 0 Å². The van der Waals surface area contributed by atoms with Crippen LogP contribution in [-0.4, -0.2) is 23.1 Å². The largest absolute Gasteiger partial charge is 0.480 e. The molecule has 25 heavy (non-hydrogen) atoms. The third-order valence-electron chi connectivity index (χ3n) is 5.99. The van der Waals surface area contributed by atoms with E-state index in [9.17, 15) is 14.7 Å². The van der Waals surface area contributed by atoms with Gasteiger partial charge in [-0.05, 0) is 43.9 Å². The minimum absolute atomic E-state index is 0.140. The van der Waals surface area contributed by atoms with Gasteiger partial charge in [0.25, 0.3) is 0 Å². The van der Waals surface area contributed by atoms with Gasteiger partial charge in [-0.1, -0.05) is 66.2 Å². The number of unbranched alkanes of at least 4 members (excludes halogenated alkanes) is 1. The van der Waals surface area contributed by atoms with Gasteiger partial charge >= 0.3 is 11.9 Å². The Bertz CT molecular complexity index is 410. The van der Waals surface area contributed by atoms with E-state index < -0.39 is 17.4 Å². The highest BCUT2D eigenvalue weighted by atomic mass is 16.5. The molecule has 0 aromatic heterocycles. The third kappa shape index (κ3) is 6.31. The molecule has 1 N–H and O–H groups in total. The molecule has 1 fully saturated rings. The lowest BCUT2D eigenvalue weighted by molar-refractivity contribution is -0.176. The monoisotopic (exact) mass is 354 g/mol. The molecule has 0 bridgehead atoms. The van der Waals surface area contributed by atoms with Crippen LogP contribution in [0.4, 0.5) is 0 Å². The van der Waals surface area contributed by atoms with Gasteiger partial charge in [0.05, 0.1) is 0 Å². The number of esters is 1. The summed E-state index contributed by atoms with van der Waals surface area (Å²) in [5.41, 5.74) is -1.30. The highest BCUT2D eigenvalue weighted by Gasteiger charge is 2.48. The van der Waals surface area contributed by atoms with E-state index in [-0.39, 0.29) is 6.10 Å². The Labute approximate surface area is 153 Å². The van der Waals surface area contributed by atoms with Crippen LogP contribution >= 0.6 is 0 Å². The average molecular weight is 355 g/mol. The minimum atomic E-state index is -1.30. The molecule has 0 aliphatic heterocycles. The topological polar surface area (TPSA) is 63.6 Å². The Hall–Kier alpha value is -1.06. The summed E-state index contributed by atoms with van der Waals surface area (Å²) in [7, 11) is 0. The molecule has 1 rings (SSSR count). The summed E-state index contributed by atoms with van der Waals surface area (Å²) in [6.07, 6.45) is 9.23. The van der Waals surface area contributed by atoms with Crippen molar-refractivity contribution in [1.29, 1.82) is 0 Å². The Morgan fingerprint density at radius 2 is 1.68 bits per heavy atom. The maximum absolute atomic E-state index is 12.8. The van der Waals surface area contributed by atoms with E-state index in [1.54, 1.807) is 0 Å². The predicted molar refractivity (Wildman–Crippen MR) is 100 cm³/mol. The lowest BCUT2D eigenvalue weighted by Gasteiger charge is -2.33. The van der Waals surface area contributed by atoms with E-state index in [1.807, 2.05) is 0 Å². The summed E-state index contributed by atoms with van der Waals surface area (Å²) < 4.78 is 5.81. The molecular formula is C21H38O4. The lowest BCUT2D eigenvalue weighted by atomic mass is 9.74. The van der Waals surface area contributed by atoms with Crippen LogP contribution in [0.5, 0.6) is 0 Å². The summed E-state index contributed by atoms with van der Waals surface area (Å²) >= 11 is 0. The minimum Gasteiger partial charge on any atom is -0.480 e. The summed E-state index contributed by atoms with van der Waals surface area (Å²) in [6, 6.07) is 0. The zero-order chi connectivity index (χ0) is 18.9. The van der Waals surface area contributed by atoms with Gasteiger partial charge < -0.3 is 9.84 Å².